The van der Waals surface area contributed by atoms with Gasteiger partial charge in [-0.2, -0.15) is 0 Å². The summed E-state index contributed by atoms with van der Waals surface area (Å²) < 4.78 is 2.23. The van der Waals surface area contributed by atoms with Gasteiger partial charge in [-0.05, 0) is 47.0 Å². The van der Waals surface area contributed by atoms with Crippen LogP contribution in [-0.2, 0) is 7.05 Å². The highest BCUT2D eigenvalue weighted by atomic mass is 14.9. The van der Waals surface area contributed by atoms with Crippen molar-refractivity contribution in [1.82, 2.24) is 0 Å². The molecule has 1 heterocycles. The Morgan fingerprint density at radius 3 is 2.30 bits per heavy atom. The van der Waals surface area contributed by atoms with Crippen LogP contribution in [0.25, 0.3) is 32.8 Å². The maximum atomic E-state index is 2.26. The topological polar surface area (TPSA) is 3.88 Å². The summed E-state index contributed by atoms with van der Waals surface area (Å²) >= 11 is 0. The maximum Gasteiger partial charge on any atom is 0.213 e. The van der Waals surface area contributed by atoms with Crippen LogP contribution in [0.4, 0.5) is 0 Å². The third-order valence-electron chi connectivity index (χ3n) is 4.67. The molecule has 0 atom stereocenters. The van der Waals surface area contributed by atoms with Crippen molar-refractivity contribution in [3.05, 3.63) is 78.0 Å². The minimum absolute atomic E-state index is 1.26. The Bertz CT molecular complexity index is 1040. The smallest absolute Gasteiger partial charge is 0.201 e. The average Bonchev–Trinajstić information content (AvgIpc) is 2.55. The fourth-order valence-corrected chi connectivity index (χ4v) is 3.54. The van der Waals surface area contributed by atoms with E-state index in [-0.39, 0.29) is 0 Å². The van der Waals surface area contributed by atoms with E-state index in [2.05, 4.69) is 92.3 Å². The molecule has 0 aliphatic rings. The molecule has 0 fully saturated rings. The molecule has 112 valence electrons. The van der Waals surface area contributed by atoms with Crippen LogP contribution in [0.15, 0.2) is 66.9 Å². The second-order valence-corrected chi connectivity index (χ2v) is 6.34. The molecular formula is C22H20N+. The number of hydrogen-bond donors (Lipinski definition) is 0. The minimum atomic E-state index is 1.26. The molecule has 4 rings (SSSR count). The summed E-state index contributed by atoms with van der Waals surface area (Å²) in [5, 5.41) is 5.26. The van der Waals surface area contributed by atoms with Crippen LogP contribution in [0, 0.1) is 13.8 Å². The molecule has 0 bridgehead atoms. The summed E-state index contributed by atoms with van der Waals surface area (Å²) in [5.74, 6) is 0. The average molecular weight is 298 g/mol. The largest absolute Gasteiger partial charge is 0.213 e. The first-order valence-corrected chi connectivity index (χ1v) is 8.03. The standard InChI is InChI=1S/C22H20N/c1-15-8-13-21(23(3)14-15)22-16(2)9-11-19-18-7-5-4-6-17(18)10-12-20(19)22/h4-14H,1-3H3/q+1. The van der Waals surface area contributed by atoms with Gasteiger partial charge in [0.05, 0.1) is 5.56 Å². The Balaban J connectivity index is 2.14. The molecule has 1 aromatic heterocycles. The first-order chi connectivity index (χ1) is 11.1. The molecule has 0 spiro atoms. The van der Waals surface area contributed by atoms with E-state index in [0.717, 1.165) is 0 Å². The van der Waals surface area contributed by atoms with Gasteiger partial charge in [0.15, 0.2) is 6.20 Å². The highest BCUT2D eigenvalue weighted by molar-refractivity contribution is 6.12. The second kappa shape index (κ2) is 5.20. The molecule has 0 N–H and O–H groups in total. The van der Waals surface area contributed by atoms with E-state index >= 15 is 0 Å². The van der Waals surface area contributed by atoms with Gasteiger partial charge in [0, 0.05) is 11.6 Å². The van der Waals surface area contributed by atoms with E-state index in [1.165, 1.54) is 43.9 Å². The molecule has 1 nitrogen and oxygen atoms in total. The first kappa shape index (κ1) is 14.0. The fraction of sp³-hybridized carbons (Fsp3) is 0.136. The van der Waals surface area contributed by atoms with E-state index < -0.39 is 0 Å². The van der Waals surface area contributed by atoms with Gasteiger partial charge < -0.3 is 0 Å². The van der Waals surface area contributed by atoms with E-state index in [1.807, 2.05) is 0 Å². The number of fused-ring (bicyclic) bond motifs is 3. The summed E-state index contributed by atoms with van der Waals surface area (Å²) in [7, 11) is 2.13. The number of hydrogen-bond acceptors (Lipinski definition) is 0. The van der Waals surface area contributed by atoms with Gasteiger partial charge in [-0.1, -0.05) is 48.5 Å². The van der Waals surface area contributed by atoms with Crippen LogP contribution in [-0.4, -0.2) is 0 Å². The van der Waals surface area contributed by atoms with Crippen molar-refractivity contribution in [3.8, 4) is 11.3 Å². The maximum absolute atomic E-state index is 2.26. The van der Waals surface area contributed by atoms with Crippen LogP contribution in [0.1, 0.15) is 11.1 Å². The van der Waals surface area contributed by atoms with Crippen molar-refractivity contribution in [3.63, 3.8) is 0 Å². The van der Waals surface area contributed by atoms with Crippen molar-refractivity contribution in [2.24, 2.45) is 7.05 Å². The van der Waals surface area contributed by atoms with Gasteiger partial charge in [-0.25, -0.2) is 4.57 Å². The van der Waals surface area contributed by atoms with Crippen molar-refractivity contribution >= 4 is 21.5 Å². The molecule has 0 saturated carbocycles. The van der Waals surface area contributed by atoms with Crippen LogP contribution in [0.5, 0.6) is 0 Å². The lowest BCUT2D eigenvalue weighted by Crippen LogP contribution is -2.31. The Kier molecular flexibility index (Phi) is 3.16. The van der Waals surface area contributed by atoms with Crippen molar-refractivity contribution < 1.29 is 4.57 Å². The fourth-order valence-electron chi connectivity index (χ4n) is 3.54. The normalized spacial score (nSPS) is 11.3. The molecule has 0 radical (unpaired) electrons. The zero-order chi connectivity index (χ0) is 16.0. The molecular weight excluding hydrogens is 278 g/mol. The van der Waals surface area contributed by atoms with Gasteiger partial charge in [0.25, 0.3) is 0 Å². The zero-order valence-corrected chi connectivity index (χ0v) is 13.8. The van der Waals surface area contributed by atoms with Crippen molar-refractivity contribution in [2.45, 2.75) is 13.8 Å². The summed E-state index contributed by atoms with van der Waals surface area (Å²) in [4.78, 5) is 0. The lowest BCUT2D eigenvalue weighted by molar-refractivity contribution is -0.660. The Hall–Kier alpha value is -2.67. The van der Waals surface area contributed by atoms with Crippen LogP contribution in [0.2, 0.25) is 0 Å². The SMILES string of the molecule is Cc1ccc(-c2c(C)ccc3c2ccc2ccccc23)[n+](C)c1. The first-order valence-electron chi connectivity index (χ1n) is 8.03. The molecule has 4 aromatic rings. The number of pyridine rings is 1. The highest BCUT2D eigenvalue weighted by Crippen LogP contribution is 2.34. The predicted molar refractivity (Wildman–Crippen MR) is 97.5 cm³/mol. The summed E-state index contributed by atoms with van der Waals surface area (Å²) in [6.45, 7) is 4.33. The summed E-state index contributed by atoms with van der Waals surface area (Å²) in [6, 6.07) is 22.0. The Morgan fingerprint density at radius 1 is 0.696 bits per heavy atom. The van der Waals surface area contributed by atoms with Crippen LogP contribution in [0.3, 0.4) is 0 Å². The Morgan fingerprint density at radius 2 is 1.48 bits per heavy atom. The minimum Gasteiger partial charge on any atom is -0.201 e. The van der Waals surface area contributed by atoms with E-state index in [4.69, 9.17) is 0 Å². The Labute approximate surface area is 136 Å². The number of rotatable bonds is 1. The van der Waals surface area contributed by atoms with Gasteiger partial charge in [0.2, 0.25) is 5.69 Å². The molecule has 0 unspecified atom stereocenters. The zero-order valence-electron chi connectivity index (χ0n) is 13.8. The number of benzene rings is 3. The number of aromatic nitrogens is 1. The van der Waals surface area contributed by atoms with Gasteiger partial charge in [-0.15, -0.1) is 0 Å². The van der Waals surface area contributed by atoms with E-state index in [1.54, 1.807) is 0 Å². The second-order valence-electron chi connectivity index (χ2n) is 6.34. The summed E-state index contributed by atoms with van der Waals surface area (Å²) in [6.07, 6.45) is 2.19. The molecule has 1 heteroatoms. The monoisotopic (exact) mass is 298 g/mol. The summed E-state index contributed by atoms with van der Waals surface area (Å²) in [5.41, 5.74) is 5.18. The molecule has 0 amide bonds. The molecule has 23 heavy (non-hydrogen) atoms. The van der Waals surface area contributed by atoms with E-state index in [9.17, 15) is 0 Å². The van der Waals surface area contributed by atoms with Gasteiger partial charge in [-0.3, -0.25) is 0 Å². The molecule has 0 saturated heterocycles. The number of aryl methyl sites for hydroxylation is 3. The predicted octanol–water partition coefficient (Wildman–Crippen LogP) is 5.10. The third kappa shape index (κ3) is 2.20. The van der Waals surface area contributed by atoms with Crippen molar-refractivity contribution in [2.75, 3.05) is 0 Å². The van der Waals surface area contributed by atoms with Crippen molar-refractivity contribution in [1.29, 1.82) is 0 Å². The number of nitrogens with zero attached hydrogens (tertiary/aromatic N) is 1. The quantitative estimate of drug-likeness (QED) is 0.340. The van der Waals surface area contributed by atoms with Gasteiger partial charge in [0.1, 0.15) is 7.05 Å². The third-order valence-corrected chi connectivity index (χ3v) is 4.67. The molecule has 0 aliphatic heterocycles. The van der Waals surface area contributed by atoms with E-state index in [0.29, 0.717) is 0 Å². The lowest BCUT2D eigenvalue weighted by atomic mass is 9.93. The lowest BCUT2D eigenvalue weighted by Gasteiger charge is -2.11. The molecule has 3 aromatic carbocycles. The van der Waals surface area contributed by atoms with Crippen LogP contribution >= 0.6 is 0 Å². The van der Waals surface area contributed by atoms with Gasteiger partial charge >= 0.3 is 0 Å². The molecule has 0 aliphatic carbocycles. The highest BCUT2D eigenvalue weighted by Gasteiger charge is 2.16. The van der Waals surface area contributed by atoms with Crippen LogP contribution < -0.4 is 4.57 Å².